The van der Waals surface area contributed by atoms with Crippen molar-refractivity contribution in [3.8, 4) is 0 Å². The standard InChI is InChI=1S/C6H10O4/c1-3-5(8)6(9)4(7)2-10-3/h4-9H,1-2H2/t4?,5-,6?/m1/s1. The molecule has 0 aromatic rings. The van der Waals surface area contributed by atoms with Crippen LogP contribution >= 0.6 is 0 Å². The molecule has 0 aromatic heterocycles. The molecule has 1 fully saturated rings. The molecule has 3 N–H and O–H groups in total. The van der Waals surface area contributed by atoms with E-state index in [2.05, 4.69) is 6.58 Å². The number of aliphatic hydroxyl groups is 3. The van der Waals surface area contributed by atoms with Crippen molar-refractivity contribution in [3.05, 3.63) is 12.3 Å². The maximum Gasteiger partial charge on any atom is 0.139 e. The third-order valence-electron chi connectivity index (χ3n) is 1.49. The Labute approximate surface area is 58.4 Å². The maximum absolute atomic E-state index is 8.98. The first-order valence-corrected chi connectivity index (χ1v) is 2.98. The highest BCUT2D eigenvalue weighted by Crippen LogP contribution is 2.16. The molecule has 0 bridgehead atoms. The molecule has 1 aliphatic heterocycles. The molecule has 1 aliphatic rings. The van der Waals surface area contributed by atoms with E-state index in [0.717, 1.165) is 0 Å². The molecule has 0 aliphatic carbocycles. The van der Waals surface area contributed by atoms with E-state index in [9.17, 15) is 0 Å². The van der Waals surface area contributed by atoms with Crippen LogP contribution < -0.4 is 0 Å². The molecule has 0 spiro atoms. The van der Waals surface area contributed by atoms with Crippen molar-refractivity contribution in [3.63, 3.8) is 0 Å². The number of hydrogen-bond donors (Lipinski definition) is 3. The summed E-state index contributed by atoms with van der Waals surface area (Å²) >= 11 is 0. The summed E-state index contributed by atoms with van der Waals surface area (Å²) in [4.78, 5) is 0. The number of hydrogen-bond acceptors (Lipinski definition) is 4. The van der Waals surface area contributed by atoms with Gasteiger partial charge in [0.15, 0.2) is 0 Å². The summed E-state index contributed by atoms with van der Waals surface area (Å²) in [6.07, 6.45) is -3.34. The molecule has 58 valence electrons. The van der Waals surface area contributed by atoms with E-state index in [1.165, 1.54) is 0 Å². The van der Waals surface area contributed by atoms with Gasteiger partial charge in [-0.05, 0) is 0 Å². The molecular weight excluding hydrogens is 136 g/mol. The first-order valence-electron chi connectivity index (χ1n) is 2.98. The zero-order valence-corrected chi connectivity index (χ0v) is 5.40. The Kier molecular flexibility index (Phi) is 1.94. The summed E-state index contributed by atoms with van der Waals surface area (Å²) in [6, 6.07) is 0. The van der Waals surface area contributed by atoms with Gasteiger partial charge < -0.3 is 20.1 Å². The van der Waals surface area contributed by atoms with Crippen molar-refractivity contribution in [1.29, 1.82) is 0 Å². The van der Waals surface area contributed by atoms with Gasteiger partial charge in [-0.15, -0.1) is 0 Å². The summed E-state index contributed by atoms with van der Waals surface area (Å²) < 4.78 is 4.72. The van der Waals surface area contributed by atoms with Crippen molar-refractivity contribution in [2.24, 2.45) is 0 Å². The number of rotatable bonds is 0. The third kappa shape index (κ3) is 1.13. The second-order valence-electron chi connectivity index (χ2n) is 2.28. The molecule has 1 heterocycles. The Hall–Kier alpha value is -0.580. The van der Waals surface area contributed by atoms with Crippen molar-refractivity contribution in [2.75, 3.05) is 6.61 Å². The molecule has 0 radical (unpaired) electrons. The third-order valence-corrected chi connectivity index (χ3v) is 1.49. The van der Waals surface area contributed by atoms with Crippen LogP contribution in [0, 0.1) is 0 Å². The van der Waals surface area contributed by atoms with Crippen LogP contribution in [0.1, 0.15) is 0 Å². The lowest BCUT2D eigenvalue weighted by atomic mass is 10.1. The van der Waals surface area contributed by atoms with Crippen LogP contribution in [0.5, 0.6) is 0 Å². The second-order valence-corrected chi connectivity index (χ2v) is 2.28. The highest BCUT2D eigenvalue weighted by Gasteiger charge is 2.32. The quantitative estimate of drug-likeness (QED) is 0.393. The lowest BCUT2D eigenvalue weighted by Crippen LogP contribution is -2.45. The van der Waals surface area contributed by atoms with Crippen LogP contribution in [0.15, 0.2) is 12.3 Å². The summed E-state index contributed by atoms with van der Waals surface area (Å²) in [7, 11) is 0. The topological polar surface area (TPSA) is 69.9 Å². The van der Waals surface area contributed by atoms with Crippen LogP contribution in [0.4, 0.5) is 0 Å². The van der Waals surface area contributed by atoms with Gasteiger partial charge in [0.05, 0.1) is 0 Å². The molecule has 3 atom stereocenters. The second kappa shape index (κ2) is 2.57. The highest BCUT2D eigenvalue weighted by molar-refractivity contribution is 5.01. The minimum Gasteiger partial charge on any atom is -0.493 e. The smallest absolute Gasteiger partial charge is 0.139 e. The molecule has 2 unspecified atom stereocenters. The van der Waals surface area contributed by atoms with Crippen molar-refractivity contribution in [1.82, 2.24) is 0 Å². The summed E-state index contributed by atoms with van der Waals surface area (Å²) in [5.74, 6) is 0.109. The van der Waals surface area contributed by atoms with Crippen molar-refractivity contribution < 1.29 is 20.1 Å². The van der Waals surface area contributed by atoms with Crippen LogP contribution in [0.3, 0.4) is 0 Å². The highest BCUT2D eigenvalue weighted by atomic mass is 16.5. The van der Waals surface area contributed by atoms with Gasteiger partial charge in [0, 0.05) is 0 Å². The van der Waals surface area contributed by atoms with E-state index in [1.54, 1.807) is 0 Å². The lowest BCUT2D eigenvalue weighted by Gasteiger charge is -2.29. The van der Waals surface area contributed by atoms with Gasteiger partial charge in [-0.3, -0.25) is 0 Å². The average Bonchev–Trinajstić information content (AvgIpc) is 1.93. The Morgan fingerprint density at radius 1 is 1.40 bits per heavy atom. The molecule has 1 saturated heterocycles. The molecule has 0 amide bonds. The van der Waals surface area contributed by atoms with E-state index in [-0.39, 0.29) is 12.4 Å². The minimum absolute atomic E-state index is 0.00292. The maximum atomic E-state index is 8.98. The Bertz CT molecular complexity index is 145. The minimum atomic E-state index is -1.17. The summed E-state index contributed by atoms with van der Waals surface area (Å²) in [5, 5.41) is 26.8. The van der Waals surface area contributed by atoms with Gasteiger partial charge in [-0.25, -0.2) is 0 Å². The largest absolute Gasteiger partial charge is 0.493 e. The molecule has 0 saturated carbocycles. The molecule has 4 heteroatoms. The monoisotopic (exact) mass is 146 g/mol. The lowest BCUT2D eigenvalue weighted by molar-refractivity contribution is -0.118. The van der Waals surface area contributed by atoms with E-state index in [0.29, 0.717) is 0 Å². The number of aliphatic hydroxyl groups excluding tert-OH is 3. The first-order chi connectivity index (χ1) is 4.63. The normalized spacial score (nSPS) is 41.1. The van der Waals surface area contributed by atoms with Gasteiger partial charge in [0.2, 0.25) is 0 Å². The molecule has 10 heavy (non-hydrogen) atoms. The summed E-state index contributed by atoms with van der Waals surface area (Å²) in [5.41, 5.74) is 0. The fourth-order valence-corrected chi connectivity index (χ4v) is 0.777. The molecule has 0 aromatic carbocycles. The van der Waals surface area contributed by atoms with E-state index in [4.69, 9.17) is 20.1 Å². The summed E-state index contributed by atoms with van der Waals surface area (Å²) in [6.45, 7) is 3.33. The molecular formula is C6H10O4. The van der Waals surface area contributed by atoms with E-state index in [1.807, 2.05) is 0 Å². The molecule has 1 rings (SSSR count). The van der Waals surface area contributed by atoms with Gasteiger partial charge >= 0.3 is 0 Å². The van der Waals surface area contributed by atoms with Crippen LogP contribution in [0.2, 0.25) is 0 Å². The predicted molar refractivity (Wildman–Crippen MR) is 33.1 cm³/mol. The Morgan fingerprint density at radius 2 is 2.00 bits per heavy atom. The van der Waals surface area contributed by atoms with Gasteiger partial charge in [-0.2, -0.15) is 0 Å². The van der Waals surface area contributed by atoms with Gasteiger partial charge in [-0.1, -0.05) is 6.58 Å². The van der Waals surface area contributed by atoms with Crippen LogP contribution in [-0.4, -0.2) is 40.2 Å². The average molecular weight is 146 g/mol. The Morgan fingerprint density at radius 3 is 2.50 bits per heavy atom. The Balaban J connectivity index is 2.60. The zero-order valence-electron chi connectivity index (χ0n) is 5.40. The SMILES string of the molecule is C=C1OCC(O)C(O)[C@@H]1O. The molecule has 4 nitrogen and oxygen atoms in total. The zero-order chi connectivity index (χ0) is 7.72. The van der Waals surface area contributed by atoms with Crippen molar-refractivity contribution >= 4 is 0 Å². The van der Waals surface area contributed by atoms with Crippen LogP contribution in [0.25, 0.3) is 0 Å². The fourth-order valence-electron chi connectivity index (χ4n) is 0.777. The van der Waals surface area contributed by atoms with E-state index < -0.39 is 18.3 Å². The van der Waals surface area contributed by atoms with E-state index >= 15 is 0 Å². The first kappa shape index (κ1) is 7.53. The predicted octanol–water partition coefficient (Wildman–Crippen LogP) is -1.39. The van der Waals surface area contributed by atoms with Crippen LogP contribution in [-0.2, 0) is 4.74 Å². The van der Waals surface area contributed by atoms with Gasteiger partial charge in [0.25, 0.3) is 0 Å². The van der Waals surface area contributed by atoms with Crippen molar-refractivity contribution in [2.45, 2.75) is 18.3 Å². The van der Waals surface area contributed by atoms with Gasteiger partial charge in [0.1, 0.15) is 30.7 Å². The fraction of sp³-hybridized carbons (Fsp3) is 0.667. The number of ether oxygens (including phenoxy) is 1.